The summed E-state index contributed by atoms with van der Waals surface area (Å²) in [6.07, 6.45) is 4.12. The molecule has 1 fully saturated rings. The molecule has 8 heteroatoms. The van der Waals surface area contributed by atoms with Crippen molar-refractivity contribution in [2.45, 2.75) is 39.2 Å². The summed E-state index contributed by atoms with van der Waals surface area (Å²) in [4.78, 5) is 26.0. The number of imidazole rings is 1. The van der Waals surface area contributed by atoms with Gasteiger partial charge in [0.2, 0.25) is 0 Å². The van der Waals surface area contributed by atoms with Crippen LogP contribution in [-0.2, 0) is 6.54 Å². The smallest absolute Gasteiger partial charge is 0.327 e. The average molecular weight is 334 g/mol. The predicted octanol–water partition coefficient (Wildman–Crippen LogP) is 1.22. The lowest BCUT2D eigenvalue weighted by Gasteiger charge is -2.28. The molecule has 1 aliphatic heterocycles. The Morgan fingerprint density at radius 1 is 1.33 bits per heavy atom. The number of nitrogens with one attached hydrogen (secondary N) is 1. The molecule has 132 valence electrons. The van der Waals surface area contributed by atoms with Crippen LogP contribution in [0, 0.1) is 5.92 Å². The first-order chi connectivity index (χ1) is 11.6. The summed E-state index contributed by atoms with van der Waals surface area (Å²) in [5, 5.41) is 0. The second kappa shape index (κ2) is 7.21. The van der Waals surface area contributed by atoms with E-state index in [1.807, 2.05) is 0 Å². The van der Waals surface area contributed by atoms with Crippen LogP contribution >= 0.6 is 0 Å². The van der Waals surface area contributed by atoms with Crippen LogP contribution in [0.5, 0.6) is 6.01 Å². The third kappa shape index (κ3) is 3.53. The lowest BCUT2D eigenvalue weighted by molar-refractivity contribution is 0.205. The van der Waals surface area contributed by atoms with Crippen LogP contribution in [0.2, 0.25) is 0 Å². The minimum Gasteiger partial charge on any atom is -0.463 e. The molecule has 0 aliphatic carbocycles. The number of nitrogens with two attached hydrogens (primary N) is 1. The number of aromatic amines is 1. The number of aromatic nitrogens is 4. The molecule has 1 saturated heterocycles. The van der Waals surface area contributed by atoms with Gasteiger partial charge in [0.1, 0.15) is 5.52 Å². The molecule has 0 unspecified atom stereocenters. The van der Waals surface area contributed by atoms with E-state index in [0.717, 1.165) is 38.8 Å². The Morgan fingerprint density at radius 2 is 2.08 bits per heavy atom. The van der Waals surface area contributed by atoms with E-state index in [9.17, 15) is 4.79 Å². The normalized spacial score (nSPS) is 16.8. The molecule has 0 saturated carbocycles. The first-order valence-electron chi connectivity index (χ1n) is 8.65. The van der Waals surface area contributed by atoms with E-state index in [-0.39, 0.29) is 17.5 Å². The summed E-state index contributed by atoms with van der Waals surface area (Å²) >= 11 is 0. The fraction of sp³-hybridized carbons (Fsp3) is 0.688. The highest BCUT2D eigenvalue weighted by molar-refractivity contribution is 5.81. The number of hydrogen-bond acceptors (Lipinski definition) is 6. The van der Waals surface area contributed by atoms with Crippen LogP contribution in [0.25, 0.3) is 11.2 Å². The van der Waals surface area contributed by atoms with Crippen molar-refractivity contribution in [1.82, 2.24) is 24.4 Å². The van der Waals surface area contributed by atoms with Crippen LogP contribution in [0.4, 0.5) is 5.82 Å². The Morgan fingerprint density at radius 3 is 2.79 bits per heavy atom. The number of rotatable bonds is 6. The Balaban J connectivity index is 1.86. The maximum absolute atomic E-state index is 12.3. The monoisotopic (exact) mass is 334 g/mol. The first-order valence-corrected chi connectivity index (χ1v) is 8.65. The standard InChI is InChI=1S/C16H26N6O2/c1-3-4-9-24-15-19-13(17)12-14(20-15)22(16(23)18-12)10-11-5-7-21(2)8-6-11/h11H,3-10H2,1-2H3,(H,18,23)(H2,17,19,20). The van der Waals surface area contributed by atoms with E-state index in [0.29, 0.717) is 30.2 Å². The minimum atomic E-state index is -0.185. The van der Waals surface area contributed by atoms with Crippen LogP contribution in [-0.4, -0.2) is 51.2 Å². The van der Waals surface area contributed by atoms with Crippen molar-refractivity contribution in [3.8, 4) is 6.01 Å². The molecular weight excluding hydrogens is 308 g/mol. The highest BCUT2D eigenvalue weighted by Crippen LogP contribution is 2.22. The average Bonchev–Trinajstić information content (AvgIpc) is 2.87. The third-order valence-electron chi connectivity index (χ3n) is 4.64. The number of likely N-dealkylation sites (tertiary alicyclic amines) is 1. The summed E-state index contributed by atoms with van der Waals surface area (Å²) in [6, 6.07) is 0.240. The van der Waals surface area contributed by atoms with Gasteiger partial charge in [-0.05, 0) is 45.3 Å². The molecule has 0 amide bonds. The number of hydrogen-bond donors (Lipinski definition) is 2. The van der Waals surface area contributed by atoms with Gasteiger partial charge in [-0.2, -0.15) is 9.97 Å². The van der Waals surface area contributed by atoms with Crippen LogP contribution in [0.3, 0.4) is 0 Å². The molecule has 24 heavy (non-hydrogen) atoms. The fourth-order valence-corrected chi connectivity index (χ4v) is 3.08. The molecule has 3 rings (SSSR count). The van der Waals surface area contributed by atoms with E-state index in [2.05, 4.69) is 33.8 Å². The van der Waals surface area contributed by atoms with Crippen LogP contribution < -0.4 is 16.2 Å². The van der Waals surface area contributed by atoms with Crippen molar-refractivity contribution in [2.75, 3.05) is 32.5 Å². The van der Waals surface area contributed by atoms with Crippen molar-refractivity contribution in [3.63, 3.8) is 0 Å². The van der Waals surface area contributed by atoms with Crippen molar-refractivity contribution >= 4 is 17.0 Å². The van der Waals surface area contributed by atoms with E-state index < -0.39 is 0 Å². The summed E-state index contributed by atoms with van der Waals surface area (Å²) in [5.74, 6) is 0.726. The number of nitrogen functional groups attached to an aromatic ring is 1. The second-order valence-electron chi connectivity index (χ2n) is 6.58. The fourth-order valence-electron chi connectivity index (χ4n) is 3.08. The molecule has 0 spiro atoms. The van der Waals surface area contributed by atoms with Gasteiger partial charge in [0, 0.05) is 6.54 Å². The van der Waals surface area contributed by atoms with Gasteiger partial charge in [0.25, 0.3) is 0 Å². The van der Waals surface area contributed by atoms with Crippen molar-refractivity contribution in [2.24, 2.45) is 5.92 Å². The summed E-state index contributed by atoms with van der Waals surface area (Å²) in [7, 11) is 2.13. The zero-order chi connectivity index (χ0) is 17.1. The number of piperidine rings is 1. The quantitative estimate of drug-likeness (QED) is 0.770. The third-order valence-corrected chi connectivity index (χ3v) is 4.64. The van der Waals surface area contributed by atoms with Gasteiger partial charge in [-0.15, -0.1) is 0 Å². The van der Waals surface area contributed by atoms with Gasteiger partial charge in [-0.1, -0.05) is 13.3 Å². The molecule has 3 heterocycles. The molecule has 0 radical (unpaired) electrons. The maximum atomic E-state index is 12.3. The second-order valence-corrected chi connectivity index (χ2v) is 6.58. The first kappa shape index (κ1) is 16.8. The highest BCUT2D eigenvalue weighted by atomic mass is 16.5. The van der Waals surface area contributed by atoms with Gasteiger partial charge in [-0.3, -0.25) is 4.57 Å². The molecule has 0 aromatic carbocycles. The topological polar surface area (TPSA) is 102 Å². The molecule has 1 aliphatic rings. The Kier molecular flexibility index (Phi) is 5.03. The number of anilines is 1. The number of fused-ring (bicyclic) bond motifs is 1. The van der Waals surface area contributed by atoms with Crippen LogP contribution in [0.1, 0.15) is 32.6 Å². The summed E-state index contributed by atoms with van der Waals surface area (Å²) < 4.78 is 7.24. The number of H-pyrrole nitrogens is 1. The SMILES string of the molecule is CCCCOc1nc(N)c2[nH]c(=O)n(CC3CCN(C)CC3)c2n1. The molecule has 0 atom stereocenters. The lowest BCUT2D eigenvalue weighted by atomic mass is 9.97. The van der Waals surface area contributed by atoms with Gasteiger partial charge in [-0.25, -0.2) is 4.79 Å². The minimum absolute atomic E-state index is 0.185. The zero-order valence-electron chi connectivity index (χ0n) is 14.4. The molecule has 3 N–H and O–H groups in total. The summed E-state index contributed by atoms with van der Waals surface area (Å²) in [6.45, 7) is 5.41. The van der Waals surface area contributed by atoms with E-state index >= 15 is 0 Å². The Hall–Kier alpha value is -2.09. The molecular formula is C16H26N6O2. The van der Waals surface area contributed by atoms with Crippen molar-refractivity contribution < 1.29 is 4.74 Å². The van der Waals surface area contributed by atoms with Crippen molar-refractivity contribution in [1.29, 1.82) is 0 Å². The maximum Gasteiger partial charge on any atom is 0.327 e. The highest BCUT2D eigenvalue weighted by Gasteiger charge is 2.21. The van der Waals surface area contributed by atoms with Crippen LogP contribution in [0.15, 0.2) is 4.79 Å². The lowest BCUT2D eigenvalue weighted by Crippen LogP contribution is -2.33. The van der Waals surface area contributed by atoms with E-state index in [1.165, 1.54) is 0 Å². The molecule has 8 nitrogen and oxygen atoms in total. The van der Waals surface area contributed by atoms with Gasteiger partial charge in [0.15, 0.2) is 11.5 Å². The van der Waals surface area contributed by atoms with Gasteiger partial charge < -0.3 is 20.4 Å². The van der Waals surface area contributed by atoms with Crippen molar-refractivity contribution in [3.05, 3.63) is 10.5 Å². The van der Waals surface area contributed by atoms with Gasteiger partial charge >= 0.3 is 11.7 Å². The van der Waals surface area contributed by atoms with Gasteiger partial charge in [0.05, 0.1) is 6.61 Å². The largest absolute Gasteiger partial charge is 0.463 e. The summed E-state index contributed by atoms with van der Waals surface area (Å²) in [5.41, 5.74) is 6.82. The molecule has 2 aromatic heterocycles. The number of nitrogens with zero attached hydrogens (tertiary/aromatic N) is 4. The molecule has 0 bridgehead atoms. The molecule has 2 aromatic rings. The Bertz CT molecular complexity index is 745. The number of unbranched alkanes of at least 4 members (excludes halogenated alkanes) is 1. The zero-order valence-corrected chi connectivity index (χ0v) is 14.4. The number of ether oxygens (including phenoxy) is 1. The Labute approximate surface area is 141 Å². The van der Waals surface area contributed by atoms with E-state index in [1.54, 1.807) is 4.57 Å². The van der Waals surface area contributed by atoms with E-state index in [4.69, 9.17) is 10.5 Å². The predicted molar refractivity (Wildman–Crippen MR) is 93.2 cm³/mol.